The van der Waals surface area contributed by atoms with Crippen LogP contribution in [-0.4, -0.2) is 56.9 Å². The van der Waals surface area contributed by atoms with Crippen molar-refractivity contribution >= 4 is 23.3 Å². The number of rotatable bonds is 6. The average Bonchev–Trinajstić information content (AvgIpc) is 2.59. The lowest BCUT2D eigenvalue weighted by Crippen LogP contribution is -2.48. The molecule has 0 spiro atoms. The highest BCUT2D eigenvalue weighted by Crippen LogP contribution is 2.25. The first-order valence-electron chi connectivity index (χ1n) is 8.51. The summed E-state index contributed by atoms with van der Waals surface area (Å²) in [4.78, 5) is 26.2. The van der Waals surface area contributed by atoms with Crippen molar-refractivity contribution in [2.75, 3.05) is 44.6 Å². The molecular weight excluding hydrogens is 322 g/mol. The predicted molar refractivity (Wildman–Crippen MR) is 96.9 cm³/mol. The molecule has 3 amide bonds. The molecule has 1 atom stereocenters. The standard InChI is InChI=1S/C18H27N3O4/c1-13-15(19-17(22)12-25-3)8-6-9-16(13)20-18(23)21-10-5-4-7-14(21)11-24-2/h6,8-9,14H,4-5,7,10-12H2,1-3H3,(H,19,22)(H,20,23). The van der Waals surface area contributed by atoms with E-state index in [1.807, 2.05) is 17.9 Å². The molecule has 1 aliphatic rings. The van der Waals surface area contributed by atoms with Crippen LogP contribution in [0.3, 0.4) is 0 Å². The second kappa shape index (κ2) is 9.39. The summed E-state index contributed by atoms with van der Waals surface area (Å²) in [5.41, 5.74) is 2.15. The molecule has 1 aromatic carbocycles. The van der Waals surface area contributed by atoms with Crippen LogP contribution in [0.25, 0.3) is 0 Å². The summed E-state index contributed by atoms with van der Waals surface area (Å²) in [5.74, 6) is -0.231. The van der Waals surface area contributed by atoms with Crippen molar-refractivity contribution in [3.05, 3.63) is 23.8 Å². The number of methoxy groups -OCH3 is 2. The van der Waals surface area contributed by atoms with E-state index in [0.29, 0.717) is 18.0 Å². The van der Waals surface area contributed by atoms with Crippen LogP contribution in [0.1, 0.15) is 24.8 Å². The summed E-state index contributed by atoms with van der Waals surface area (Å²) in [5, 5.41) is 5.75. The first kappa shape index (κ1) is 19.2. The Hall–Kier alpha value is -2.12. The molecule has 0 aromatic heterocycles. The zero-order valence-electron chi connectivity index (χ0n) is 15.1. The molecule has 1 aliphatic heterocycles. The number of anilines is 2. The van der Waals surface area contributed by atoms with Crippen LogP contribution in [-0.2, 0) is 14.3 Å². The second-order valence-electron chi connectivity index (χ2n) is 6.19. The Labute approximate surface area is 148 Å². The number of hydrogen-bond acceptors (Lipinski definition) is 4. The first-order chi connectivity index (χ1) is 12.1. The van der Waals surface area contributed by atoms with Gasteiger partial charge in [0.1, 0.15) is 6.61 Å². The van der Waals surface area contributed by atoms with Crippen LogP contribution < -0.4 is 10.6 Å². The van der Waals surface area contributed by atoms with Crippen LogP contribution >= 0.6 is 0 Å². The van der Waals surface area contributed by atoms with Gasteiger partial charge in [0.05, 0.1) is 12.6 Å². The molecule has 2 rings (SSSR count). The van der Waals surface area contributed by atoms with E-state index in [9.17, 15) is 9.59 Å². The predicted octanol–water partition coefficient (Wildman–Crippen LogP) is 2.61. The maximum atomic E-state index is 12.7. The fourth-order valence-corrected chi connectivity index (χ4v) is 3.04. The smallest absolute Gasteiger partial charge is 0.322 e. The van der Waals surface area contributed by atoms with E-state index in [1.54, 1.807) is 19.2 Å². The summed E-state index contributed by atoms with van der Waals surface area (Å²) in [6.07, 6.45) is 3.06. The van der Waals surface area contributed by atoms with E-state index < -0.39 is 0 Å². The molecule has 1 saturated heterocycles. The molecule has 0 saturated carbocycles. The van der Waals surface area contributed by atoms with Gasteiger partial charge < -0.3 is 25.0 Å². The van der Waals surface area contributed by atoms with E-state index in [1.165, 1.54) is 7.11 Å². The van der Waals surface area contributed by atoms with Crippen LogP contribution in [0.15, 0.2) is 18.2 Å². The minimum atomic E-state index is -0.231. The minimum Gasteiger partial charge on any atom is -0.383 e. The van der Waals surface area contributed by atoms with Crippen LogP contribution in [0.4, 0.5) is 16.2 Å². The highest BCUT2D eigenvalue weighted by Gasteiger charge is 2.27. The van der Waals surface area contributed by atoms with Gasteiger partial charge in [-0.1, -0.05) is 6.07 Å². The molecule has 2 N–H and O–H groups in total. The Bertz CT molecular complexity index is 604. The third-order valence-electron chi connectivity index (χ3n) is 4.37. The molecule has 25 heavy (non-hydrogen) atoms. The third-order valence-corrected chi connectivity index (χ3v) is 4.37. The van der Waals surface area contributed by atoms with Crippen molar-refractivity contribution in [3.8, 4) is 0 Å². The van der Waals surface area contributed by atoms with Crippen LogP contribution in [0, 0.1) is 6.92 Å². The Morgan fingerprint density at radius 1 is 1.16 bits per heavy atom. The molecule has 0 aliphatic carbocycles. The maximum Gasteiger partial charge on any atom is 0.322 e. The van der Waals surface area contributed by atoms with Crippen molar-refractivity contribution in [1.29, 1.82) is 0 Å². The molecule has 7 heteroatoms. The monoisotopic (exact) mass is 349 g/mol. The normalized spacial score (nSPS) is 17.2. The largest absolute Gasteiger partial charge is 0.383 e. The SMILES string of the molecule is COCC(=O)Nc1cccc(NC(=O)N2CCCCC2COC)c1C. The number of carbonyl (C=O) groups excluding carboxylic acids is 2. The van der Waals surface area contributed by atoms with E-state index in [4.69, 9.17) is 9.47 Å². The molecule has 7 nitrogen and oxygen atoms in total. The number of piperidine rings is 1. The topological polar surface area (TPSA) is 79.9 Å². The number of amides is 3. The van der Waals surface area contributed by atoms with Crippen molar-refractivity contribution in [2.45, 2.75) is 32.2 Å². The van der Waals surface area contributed by atoms with Gasteiger partial charge in [-0.15, -0.1) is 0 Å². The maximum absolute atomic E-state index is 12.7. The molecule has 1 heterocycles. The van der Waals surface area contributed by atoms with Gasteiger partial charge in [0.2, 0.25) is 5.91 Å². The summed E-state index contributed by atoms with van der Waals surface area (Å²) in [6, 6.07) is 5.39. The molecule has 138 valence electrons. The average molecular weight is 349 g/mol. The van der Waals surface area contributed by atoms with E-state index in [2.05, 4.69) is 10.6 Å². The van der Waals surface area contributed by atoms with Gasteiger partial charge in [-0.25, -0.2) is 4.79 Å². The number of carbonyl (C=O) groups is 2. The van der Waals surface area contributed by atoms with Gasteiger partial charge in [-0.05, 0) is 43.9 Å². The van der Waals surface area contributed by atoms with E-state index >= 15 is 0 Å². The Morgan fingerprint density at radius 2 is 1.88 bits per heavy atom. The first-order valence-corrected chi connectivity index (χ1v) is 8.51. The number of nitrogens with zero attached hydrogens (tertiary/aromatic N) is 1. The van der Waals surface area contributed by atoms with Gasteiger partial charge in [-0.2, -0.15) is 0 Å². The highest BCUT2D eigenvalue weighted by atomic mass is 16.5. The van der Waals surface area contributed by atoms with Crippen molar-refractivity contribution in [3.63, 3.8) is 0 Å². The Balaban J connectivity index is 2.08. The number of ether oxygens (including phenoxy) is 2. The Morgan fingerprint density at radius 3 is 2.56 bits per heavy atom. The third kappa shape index (κ3) is 5.17. The van der Waals surface area contributed by atoms with E-state index in [0.717, 1.165) is 31.4 Å². The zero-order valence-corrected chi connectivity index (χ0v) is 15.1. The van der Waals surface area contributed by atoms with Crippen molar-refractivity contribution in [1.82, 2.24) is 4.90 Å². The van der Waals surface area contributed by atoms with Crippen molar-refractivity contribution in [2.24, 2.45) is 0 Å². The van der Waals surface area contributed by atoms with Crippen LogP contribution in [0.5, 0.6) is 0 Å². The number of likely N-dealkylation sites (tertiary alicyclic amines) is 1. The molecule has 1 aromatic rings. The summed E-state index contributed by atoms with van der Waals surface area (Å²) >= 11 is 0. The lowest BCUT2D eigenvalue weighted by molar-refractivity contribution is -0.119. The Kier molecular flexibility index (Phi) is 7.21. The highest BCUT2D eigenvalue weighted by molar-refractivity contribution is 5.95. The lowest BCUT2D eigenvalue weighted by Gasteiger charge is -2.35. The summed E-state index contributed by atoms with van der Waals surface area (Å²) in [7, 11) is 3.12. The number of nitrogens with one attached hydrogen (secondary N) is 2. The molecular formula is C18H27N3O4. The molecule has 0 bridgehead atoms. The number of urea groups is 1. The lowest BCUT2D eigenvalue weighted by atomic mass is 10.0. The fraction of sp³-hybridized carbons (Fsp3) is 0.556. The zero-order chi connectivity index (χ0) is 18.2. The van der Waals surface area contributed by atoms with Gasteiger partial charge in [0.25, 0.3) is 0 Å². The fourth-order valence-electron chi connectivity index (χ4n) is 3.04. The minimum absolute atomic E-state index is 0.0114. The van der Waals surface area contributed by atoms with Gasteiger partial charge in [0, 0.05) is 32.1 Å². The number of hydrogen-bond donors (Lipinski definition) is 2. The summed E-state index contributed by atoms with van der Waals surface area (Å²) < 4.78 is 10.1. The second-order valence-corrected chi connectivity index (χ2v) is 6.19. The quantitative estimate of drug-likeness (QED) is 0.827. The molecule has 1 fully saturated rings. The summed E-state index contributed by atoms with van der Waals surface area (Å²) in [6.45, 7) is 3.12. The van der Waals surface area contributed by atoms with E-state index in [-0.39, 0.29) is 24.6 Å². The van der Waals surface area contributed by atoms with Gasteiger partial charge in [-0.3, -0.25) is 4.79 Å². The molecule has 1 unspecified atom stereocenters. The van der Waals surface area contributed by atoms with Crippen LogP contribution in [0.2, 0.25) is 0 Å². The van der Waals surface area contributed by atoms with Gasteiger partial charge >= 0.3 is 6.03 Å². The van der Waals surface area contributed by atoms with Crippen molar-refractivity contribution < 1.29 is 19.1 Å². The van der Waals surface area contributed by atoms with Gasteiger partial charge in [0.15, 0.2) is 0 Å². The number of benzene rings is 1. The molecule has 0 radical (unpaired) electrons.